The summed E-state index contributed by atoms with van der Waals surface area (Å²) >= 11 is 0. The van der Waals surface area contributed by atoms with Gasteiger partial charge in [-0.25, -0.2) is 4.79 Å². The van der Waals surface area contributed by atoms with Crippen molar-refractivity contribution in [3.63, 3.8) is 0 Å². The van der Waals surface area contributed by atoms with E-state index in [0.29, 0.717) is 13.0 Å². The lowest BCUT2D eigenvalue weighted by atomic mass is 10.0. The van der Waals surface area contributed by atoms with Crippen molar-refractivity contribution in [2.75, 3.05) is 13.6 Å². The van der Waals surface area contributed by atoms with Gasteiger partial charge in [0.1, 0.15) is 0 Å². The van der Waals surface area contributed by atoms with Crippen LogP contribution in [0.1, 0.15) is 27.9 Å². The maximum absolute atomic E-state index is 12.5. The Morgan fingerprint density at radius 1 is 1.42 bits per heavy atom. The van der Waals surface area contributed by atoms with Gasteiger partial charge in [0.05, 0.1) is 11.1 Å². The number of alkyl halides is 3. The highest BCUT2D eigenvalue weighted by molar-refractivity contribution is 5.90. The summed E-state index contributed by atoms with van der Waals surface area (Å²) in [6.07, 6.45) is -4.09. The zero-order valence-electron chi connectivity index (χ0n) is 10.1. The fraction of sp³-hybridized carbons (Fsp3) is 0.308. The Morgan fingerprint density at radius 2 is 2.11 bits per heavy atom. The smallest absolute Gasteiger partial charge is 0.416 e. The first-order chi connectivity index (χ1) is 8.86. The molecule has 0 saturated heterocycles. The highest BCUT2D eigenvalue weighted by Gasteiger charge is 2.31. The van der Waals surface area contributed by atoms with Crippen molar-refractivity contribution < 1.29 is 23.1 Å². The lowest BCUT2D eigenvalue weighted by Gasteiger charge is -2.08. The predicted octanol–water partition coefficient (Wildman–Crippen LogP) is 2.36. The first-order valence-corrected chi connectivity index (χ1v) is 5.44. The van der Waals surface area contributed by atoms with Crippen LogP contribution in [0.3, 0.4) is 0 Å². The van der Waals surface area contributed by atoms with E-state index in [-0.39, 0.29) is 11.1 Å². The predicted molar refractivity (Wildman–Crippen MR) is 63.8 cm³/mol. The van der Waals surface area contributed by atoms with Gasteiger partial charge in [-0.1, -0.05) is 11.8 Å². The van der Waals surface area contributed by atoms with Gasteiger partial charge in [0.15, 0.2) is 0 Å². The number of hydrogen-bond donors (Lipinski definition) is 2. The van der Waals surface area contributed by atoms with Crippen LogP contribution >= 0.6 is 0 Å². The molecule has 0 heterocycles. The fourth-order valence-corrected chi connectivity index (χ4v) is 1.36. The molecule has 0 radical (unpaired) electrons. The summed E-state index contributed by atoms with van der Waals surface area (Å²) in [5, 5.41) is 11.7. The average Bonchev–Trinajstić information content (AvgIpc) is 2.33. The SMILES string of the molecule is CNCCC#Cc1cc(C(F)(F)F)ccc1C(=O)O. The van der Waals surface area contributed by atoms with Gasteiger partial charge in [-0.3, -0.25) is 0 Å². The number of carbonyl (C=O) groups is 1. The molecular formula is C13H12F3NO2. The molecule has 0 saturated carbocycles. The Hall–Kier alpha value is -2.00. The van der Waals surface area contributed by atoms with Crippen LogP contribution in [0, 0.1) is 11.8 Å². The monoisotopic (exact) mass is 271 g/mol. The number of benzene rings is 1. The fourth-order valence-electron chi connectivity index (χ4n) is 1.36. The Morgan fingerprint density at radius 3 is 2.63 bits per heavy atom. The van der Waals surface area contributed by atoms with Crippen molar-refractivity contribution in [2.24, 2.45) is 0 Å². The first-order valence-electron chi connectivity index (χ1n) is 5.44. The van der Waals surface area contributed by atoms with Gasteiger partial charge < -0.3 is 10.4 Å². The normalized spacial score (nSPS) is 10.7. The van der Waals surface area contributed by atoms with Gasteiger partial charge in [-0.2, -0.15) is 13.2 Å². The Kier molecular flexibility index (Phi) is 4.95. The number of rotatable bonds is 3. The molecule has 0 atom stereocenters. The van der Waals surface area contributed by atoms with E-state index in [1.165, 1.54) is 0 Å². The molecule has 0 spiro atoms. The molecule has 2 N–H and O–H groups in total. The van der Waals surface area contributed by atoms with Crippen LogP contribution in [0.25, 0.3) is 0 Å². The van der Waals surface area contributed by atoms with Crippen LogP contribution in [0.4, 0.5) is 13.2 Å². The van der Waals surface area contributed by atoms with Crippen molar-refractivity contribution in [3.8, 4) is 11.8 Å². The number of carboxylic acids is 1. The average molecular weight is 271 g/mol. The van der Waals surface area contributed by atoms with E-state index in [1.54, 1.807) is 7.05 Å². The summed E-state index contributed by atoms with van der Waals surface area (Å²) in [6, 6.07) is 2.42. The molecule has 1 aromatic carbocycles. The molecule has 0 aliphatic heterocycles. The number of hydrogen-bond acceptors (Lipinski definition) is 2. The molecule has 1 rings (SSSR count). The highest BCUT2D eigenvalue weighted by Crippen LogP contribution is 2.30. The van der Waals surface area contributed by atoms with Crippen LogP contribution in [0.5, 0.6) is 0 Å². The summed E-state index contributed by atoms with van der Waals surface area (Å²) < 4.78 is 37.6. The Balaban J connectivity index is 3.15. The van der Waals surface area contributed by atoms with Gasteiger partial charge in [-0.05, 0) is 25.2 Å². The molecule has 0 fully saturated rings. The van der Waals surface area contributed by atoms with Crippen LogP contribution in [0.15, 0.2) is 18.2 Å². The third-order valence-electron chi connectivity index (χ3n) is 2.30. The van der Waals surface area contributed by atoms with E-state index < -0.39 is 17.7 Å². The number of halogens is 3. The van der Waals surface area contributed by atoms with Crippen LogP contribution in [0.2, 0.25) is 0 Å². The standard InChI is InChI=1S/C13H12F3NO2/c1-17-7-3-2-4-9-8-10(13(14,15)16)5-6-11(9)12(18)19/h5-6,8,17H,3,7H2,1H3,(H,18,19). The zero-order chi connectivity index (χ0) is 14.5. The molecule has 0 aromatic heterocycles. The minimum absolute atomic E-state index is 0.126. The maximum Gasteiger partial charge on any atom is 0.416 e. The minimum atomic E-state index is -4.52. The van der Waals surface area contributed by atoms with Crippen molar-refractivity contribution in [1.82, 2.24) is 5.32 Å². The van der Waals surface area contributed by atoms with E-state index in [2.05, 4.69) is 17.2 Å². The molecule has 0 aliphatic carbocycles. The van der Waals surface area contributed by atoms with E-state index in [0.717, 1.165) is 18.2 Å². The van der Waals surface area contributed by atoms with Crippen molar-refractivity contribution in [3.05, 3.63) is 34.9 Å². The second-order valence-corrected chi connectivity index (χ2v) is 3.72. The zero-order valence-corrected chi connectivity index (χ0v) is 10.1. The summed E-state index contributed by atoms with van der Waals surface area (Å²) in [4.78, 5) is 10.9. The van der Waals surface area contributed by atoms with E-state index in [1.807, 2.05) is 0 Å². The number of aromatic carboxylic acids is 1. The summed E-state index contributed by atoms with van der Waals surface area (Å²) in [5.74, 6) is 3.81. The third-order valence-corrected chi connectivity index (χ3v) is 2.30. The van der Waals surface area contributed by atoms with Crippen molar-refractivity contribution in [1.29, 1.82) is 0 Å². The summed E-state index contributed by atoms with van der Waals surface area (Å²) in [5.41, 5.74) is -1.26. The van der Waals surface area contributed by atoms with E-state index in [4.69, 9.17) is 5.11 Å². The van der Waals surface area contributed by atoms with Gasteiger partial charge in [0.2, 0.25) is 0 Å². The molecule has 0 amide bonds. The van der Waals surface area contributed by atoms with Gasteiger partial charge in [-0.15, -0.1) is 0 Å². The van der Waals surface area contributed by atoms with Gasteiger partial charge in [0, 0.05) is 18.5 Å². The van der Waals surface area contributed by atoms with E-state index >= 15 is 0 Å². The molecule has 19 heavy (non-hydrogen) atoms. The Bertz CT molecular complexity index is 527. The number of nitrogens with one attached hydrogen (secondary N) is 1. The van der Waals surface area contributed by atoms with Crippen LogP contribution in [-0.4, -0.2) is 24.7 Å². The van der Waals surface area contributed by atoms with Crippen molar-refractivity contribution >= 4 is 5.97 Å². The first kappa shape index (κ1) is 15.1. The highest BCUT2D eigenvalue weighted by atomic mass is 19.4. The van der Waals surface area contributed by atoms with Crippen LogP contribution < -0.4 is 5.32 Å². The van der Waals surface area contributed by atoms with Gasteiger partial charge >= 0.3 is 12.1 Å². The maximum atomic E-state index is 12.5. The summed E-state index contributed by atoms with van der Waals surface area (Å²) in [7, 11) is 1.72. The van der Waals surface area contributed by atoms with E-state index in [9.17, 15) is 18.0 Å². The molecule has 1 aromatic rings. The third kappa shape index (κ3) is 4.30. The lowest BCUT2D eigenvalue weighted by molar-refractivity contribution is -0.137. The second-order valence-electron chi connectivity index (χ2n) is 3.72. The molecular weight excluding hydrogens is 259 g/mol. The minimum Gasteiger partial charge on any atom is -0.478 e. The molecule has 3 nitrogen and oxygen atoms in total. The molecule has 102 valence electrons. The molecule has 0 aliphatic rings. The molecule has 0 bridgehead atoms. The molecule has 6 heteroatoms. The number of carboxylic acid groups (broad SMARTS) is 1. The second kappa shape index (κ2) is 6.25. The van der Waals surface area contributed by atoms with Crippen molar-refractivity contribution in [2.45, 2.75) is 12.6 Å². The van der Waals surface area contributed by atoms with Gasteiger partial charge in [0.25, 0.3) is 0 Å². The summed E-state index contributed by atoms with van der Waals surface area (Å²) in [6.45, 7) is 0.578. The topological polar surface area (TPSA) is 49.3 Å². The largest absolute Gasteiger partial charge is 0.478 e. The van der Waals surface area contributed by atoms with Crippen LogP contribution in [-0.2, 0) is 6.18 Å². The Labute approximate surface area is 108 Å². The lowest BCUT2D eigenvalue weighted by Crippen LogP contribution is -2.08. The molecule has 0 unspecified atom stereocenters. The quantitative estimate of drug-likeness (QED) is 0.655.